The van der Waals surface area contributed by atoms with E-state index >= 15 is 0 Å². The summed E-state index contributed by atoms with van der Waals surface area (Å²) >= 11 is 6.47. The number of nitrogens with zero attached hydrogens (tertiary/aromatic N) is 3. The molecule has 0 aliphatic heterocycles. The van der Waals surface area contributed by atoms with E-state index in [2.05, 4.69) is 15.1 Å². The number of halogens is 7. The Morgan fingerprint density at radius 1 is 1.06 bits per heavy atom. The van der Waals surface area contributed by atoms with Crippen LogP contribution >= 0.6 is 22.9 Å². The van der Waals surface area contributed by atoms with Gasteiger partial charge in [-0.1, -0.05) is 28.9 Å². The van der Waals surface area contributed by atoms with Crippen molar-refractivity contribution in [3.05, 3.63) is 81.2 Å². The van der Waals surface area contributed by atoms with Gasteiger partial charge in [0.2, 0.25) is 0 Å². The average molecular weight is 548 g/mol. The zero-order chi connectivity index (χ0) is 26.1. The van der Waals surface area contributed by atoms with E-state index in [-0.39, 0.29) is 40.3 Å². The third-order valence-electron chi connectivity index (χ3n) is 4.67. The van der Waals surface area contributed by atoms with Crippen LogP contribution in [0, 0.1) is 0 Å². The van der Waals surface area contributed by atoms with Gasteiger partial charge in [0, 0.05) is 12.6 Å². The molecule has 0 unspecified atom stereocenters. The zero-order valence-electron chi connectivity index (χ0n) is 17.7. The van der Waals surface area contributed by atoms with E-state index in [1.165, 1.54) is 6.07 Å². The lowest BCUT2D eigenvalue weighted by Crippen LogP contribution is -2.21. The molecule has 0 fully saturated rings. The number of ketones is 1. The van der Waals surface area contributed by atoms with E-state index in [0.29, 0.717) is 23.3 Å². The number of hydrogen-bond donors (Lipinski definition) is 0. The van der Waals surface area contributed by atoms with Gasteiger partial charge in [-0.3, -0.25) is 9.78 Å². The summed E-state index contributed by atoms with van der Waals surface area (Å²) in [4.78, 5) is 18.9. The number of carbonyl (C=O) groups is 1. The van der Waals surface area contributed by atoms with E-state index in [1.807, 2.05) is 0 Å². The van der Waals surface area contributed by atoms with Crippen LogP contribution in [-0.4, -0.2) is 27.1 Å². The van der Waals surface area contributed by atoms with Crippen LogP contribution < -0.4 is 4.74 Å². The molecule has 188 valence electrons. The highest BCUT2D eigenvalue weighted by atomic mass is 35.5. The van der Waals surface area contributed by atoms with E-state index in [9.17, 15) is 31.1 Å². The number of carbonyl (C=O) groups excluding carboxylic acids is 1. The lowest BCUT2D eigenvalue weighted by molar-refractivity contribution is -0.137. The summed E-state index contributed by atoms with van der Waals surface area (Å²) in [5, 5.41) is 3.63. The molecule has 0 amide bonds. The van der Waals surface area contributed by atoms with Gasteiger partial charge in [-0.05, 0) is 35.9 Å². The van der Waals surface area contributed by atoms with E-state index in [0.717, 1.165) is 17.7 Å². The summed E-state index contributed by atoms with van der Waals surface area (Å²) in [5.41, 5.74) is -0.0687. The summed E-state index contributed by atoms with van der Waals surface area (Å²) < 4.78 is 86.5. The molecule has 6 nitrogen and oxygen atoms in total. The fraction of sp³-hybridized carbons (Fsp3) is 0.182. The molecule has 0 radical (unpaired) electrons. The lowest BCUT2D eigenvalue weighted by atomic mass is 10.1. The van der Waals surface area contributed by atoms with Gasteiger partial charge in [0.1, 0.15) is 12.4 Å². The number of benzene rings is 1. The van der Waals surface area contributed by atoms with Gasteiger partial charge in [0.05, 0.1) is 26.0 Å². The maximum atomic E-state index is 12.7. The third-order valence-corrected chi connectivity index (χ3v) is 6.07. The molecule has 0 saturated carbocycles. The summed E-state index contributed by atoms with van der Waals surface area (Å²) in [7, 11) is 0. The predicted octanol–water partition coefficient (Wildman–Crippen LogP) is 6.78. The highest BCUT2D eigenvalue weighted by Crippen LogP contribution is 2.32. The normalized spacial score (nSPS) is 12.1. The quantitative estimate of drug-likeness (QED) is 0.187. The molecule has 0 spiro atoms. The van der Waals surface area contributed by atoms with Crippen LogP contribution in [0.25, 0.3) is 10.8 Å². The average Bonchev–Trinajstić information content (AvgIpc) is 3.47. The number of hydrogen-bond acceptors (Lipinski definition) is 7. The second-order valence-corrected chi connectivity index (χ2v) is 8.76. The van der Waals surface area contributed by atoms with Crippen molar-refractivity contribution >= 4 is 28.7 Å². The van der Waals surface area contributed by atoms with Gasteiger partial charge in [-0.2, -0.15) is 31.3 Å². The first-order valence-corrected chi connectivity index (χ1v) is 11.1. The monoisotopic (exact) mass is 547 g/mol. The van der Waals surface area contributed by atoms with Crippen molar-refractivity contribution < 1.29 is 40.4 Å². The lowest BCUT2D eigenvalue weighted by Gasteiger charge is -2.10. The van der Waals surface area contributed by atoms with Gasteiger partial charge in [0.25, 0.3) is 11.7 Å². The van der Waals surface area contributed by atoms with Crippen molar-refractivity contribution in [1.29, 1.82) is 0 Å². The van der Waals surface area contributed by atoms with Crippen molar-refractivity contribution in [2.45, 2.75) is 25.4 Å². The maximum Gasteiger partial charge on any atom is 0.455 e. The van der Waals surface area contributed by atoms with Crippen LogP contribution in [0.2, 0.25) is 5.02 Å². The molecule has 4 aromatic rings. The molecule has 0 aliphatic rings. The van der Waals surface area contributed by atoms with E-state index < -0.39 is 28.6 Å². The standard InChI is InChI=1S/C22H12ClF6N3O3S/c23-14-8-12(21(24,25)26)9-30-15(14)10-34-13-3-1-11(2-4-13)7-18-31-20(35-32-18)17-6-5-16(36-17)19(33)22(27,28)29/h1-6,8-9H,7,10H2. The first-order chi connectivity index (χ1) is 16.9. The van der Waals surface area contributed by atoms with Crippen LogP contribution in [-0.2, 0) is 19.2 Å². The number of thiophene rings is 1. The van der Waals surface area contributed by atoms with Gasteiger partial charge < -0.3 is 9.26 Å². The van der Waals surface area contributed by atoms with Crippen molar-refractivity contribution in [3.8, 4) is 16.5 Å². The largest absolute Gasteiger partial charge is 0.487 e. The predicted molar refractivity (Wildman–Crippen MR) is 116 cm³/mol. The Bertz CT molecular complexity index is 1380. The highest BCUT2D eigenvalue weighted by molar-refractivity contribution is 7.17. The van der Waals surface area contributed by atoms with Gasteiger partial charge in [-0.15, -0.1) is 11.3 Å². The van der Waals surface area contributed by atoms with Crippen LogP contribution in [0.15, 0.2) is 53.2 Å². The van der Waals surface area contributed by atoms with Crippen LogP contribution in [0.5, 0.6) is 5.75 Å². The molecule has 0 N–H and O–H groups in total. The first kappa shape index (κ1) is 25.6. The van der Waals surface area contributed by atoms with E-state index in [4.69, 9.17) is 20.9 Å². The number of ether oxygens (including phenoxy) is 1. The molecule has 1 aromatic carbocycles. The van der Waals surface area contributed by atoms with Gasteiger partial charge in [0.15, 0.2) is 5.82 Å². The second kappa shape index (κ2) is 9.90. The molecule has 36 heavy (non-hydrogen) atoms. The number of Topliss-reactive ketones (excluding diaryl/α,β-unsaturated/α-hetero) is 1. The van der Waals surface area contributed by atoms with Crippen molar-refractivity contribution in [2.75, 3.05) is 0 Å². The van der Waals surface area contributed by atoms with E-state index in [1.54, 1.807) is 24.3 Å². The van der Waals surface area contributed by atoms with Crippen LogP contribution in [0.3, 0.4) is 0 Å². The summed E-state index contributed by atoms with van der Waals surface area (Å²) in [6.45, 7) is -0.149. The second-order valence-electron chi connectivity index (χ2n) is 7.27. The molecular weight excluding hydrogens is 536 g/mol. The Kier molecular flexibility index (Phi) is 7.05. The van der Waals surface area contributed by atoms with Gasteiger partial charge >= 0.3 is 12.4 Å². The Morgan fingerprint density at radius 2 is 1.78 bits per heavy atom. The smallest absolute Gasteiger partial charge is 0.455 e. The minimum absolute atomic E-state index is 0.0166. The number of aromatic nitrogens is 3. The number of alkyl halides is 6. The van der Waals surface area contributed by atoms with Crippen molar-refractivity contribution in [3.63, 3.8) is 0 Å². The fourth-order valence-electron chi connectivity index (χ4n) is 2.91. The highest BCUT2D eigenvalue weighted by Gasteiger charge is 2.40. The topological polar surface area (TPSA) is 78.1 Å². The molecule has 0 aliphatic carbocycles. The summed E-state index contributed by atoms with van der Waals surface area (Å²) in [6, 6.07) is 9.74. The Balaban J connectivity index is 1.36. The fourth-order valence-corrected chi connectivity index (χ4v) is 4.01. The molecule has 0 saturated heterocycles. The minimum Gasteiger partial charge on any atom is -0.487 e. The Morgan fingerprint density at radius 3 is 2.42 bits per heavy atom. The molecular formula is C22H12ClF6N3O3S. The molecule has 0 atom stereocenters. The molecule has 14 heteroatoms. The molecule has 3 aromatic heterocycles. The van der Waals surface area contributed by atoms with Crippen molar-refractivity contribution in [1.82, 2.24) is 15.1 Å². The SMILES string of the molecule is O=C(c1ccc(-c2nc(Cc3ccc(OCc4ncc(C(F)(F)F)cc4Cl)cc3)no2)s1)C(F)(F)F. The van der Waals surface area contributed by atoms with Gasteiger partial charge in [-0.25, -0.2) is 0 Å². The summed E-state index contributed by atoms with van der Waals surface area (Å²) in [6.07, 6.45) is -8.61. The Labute approximate surface area is 207 Å². The summed E-state index contributed by atoms with van der Waals surface area (Å²) in [5.74, 6) is -1.29. The number of pyridine rings is 1. The van der Waals surface area contributed by atoms with Crippen molar-refractivity contribution in [2.24, 2.45) is 0 Å². The molecule has 4 rings (SSSR count). The number of rotatable bonds is 7. The Hall–Kier alpha value is -3.45. The van der Waals surface area contributed by atoms with Crippen LogP contribution in [0.4, 0.5) is 26.3 Å². The zero-order valence-corrected chi connectivity index (χ0v) is 19.2. The molecule has 3 heterocycles. The third kappa shape index (κ3) is 6.02. The molecule has 0 bridgehead atoms. The minimum atomic E-state index is -4.97. The van der Waals surface area contributed by atoms with Crippen LogP contribution in [0.1, 0.15) is 32.3 Å². The maximum absolute atomic E-state index is 12.7. The first-order valence-electron chi connectivity index (χ1n) is 9.88.